The highest BCUT2D eigenvalue weighted by molar-refractivity contribution is 6.63. The Morgan fingerprint density at radius 1 is 1.30 bits per heavy atom. The average Bonchev–Trinajstić information content (AvgIpc) is 2.92. The molecule has 1 saturated heterocycles. The van der Waals surface area contributed by atoms with Crippen LogP contribution in [0.4, 0.5) is 5.69 Å². The summed E-state index contributed by atoms with van der Waals surface area (Å²) in [6.45, 7) is 15.1. The van der Waals surface area contributed by atoms with Crippen molar-refractivity contribution in [3.05, 3.63) is 35.5 Å². The van der Waals surface area contributed by atoms with Crippen LogP contribution in [0.25, 0.3) is 0 Å². The Balaban J connectivity index is 2.36. The van der Waals surface area contributed by atoms with Gasteiger partial charge in [-0.3, -0.25) is 14.8 Å². The number of aldehydes is 1. The molecule has 0 radical (unpaired) electrons. The summed E-state index contributed by atoms with van der Waals surface area (Å²) in [6.07, 6.45) is 3.07. The van der Waals surface area contributed by atoms with Crippen LogP contribution in [0, 0.1) is 0 Å². The van der Waals surface area contributed by atoms with E-state index in [9.17, 15) is 9.90 Å². The van der Waals surface area contributed by atoms with Gasteiger partial charge in [-0.05, 0) is 65.4 Å². The average molecular weight is 413 g/mol. The lowest BCUT2D eigenvalue weighted by Crippen LogP contribution is -2.41. The fourth-order valence-electron chi connectivity index (χ4n) is 2.95. The maximum atomic E-state index is 11.8. The molecule has 162 valence electrons. The first-order chi connectivity index (χ1) is 14.1. The number of nitrogens with zero attached hydrogens (tertiary/aromatic N) is 2. The number of hydrogen-bond acceptors (Lipinski definition) is 6. The van der Waals surface area contributed by atoms with Gasteiger partial charge in [0.05, 0.1) is 23.9 Å². The van der Waals surface area contributed by atoms with Gasteiger partial charge in [-0.2, -0.15) is 0 Å². The molecule has 7 nitrogen and oxygen atoms in total. The van der Waals surface area contributed by atoms with Crippen LogP contribution in [0.3, 0.4) is 0 Å². The van der Waals surface area contributed by atoms with Crippen molar-refractivity contribution in [2.45, 2.75) is 65.2 Å². The molecule has 1 aromatic carbocycles. The Bertz CT molecular complexity index is 829. The van der Waals surface area contributed by atoms with Crippen LogP contribution >= 0.6 is 0 Å². The zero-order valence-electron chi connectivity index (χ0n) is 18.7. The summed E-state index contributed by atoms with van der Waals surface area (Å²) in [5, 5.41) is 12.7. The second-order valence-electron chi connectivity index (χ2n) is 8.39. The van der Waals surface area contributed by atoms with Gasteiger partial charge in [0.25, 0.3) is 0 Å². The normalized spacial score (nSPS) is 19.5. The minimum atomic E-state index is -0.622. The summed E-state index contributed by atoms with van der Waals surface area (Å²) in [4.78, 5) is 20.2. The van der Waals surface area contributed by atoms with E-state index in [2.05, 4.69) is 22.0 Å². The van der Waals surface area contributed by atoms with Crippen molar-refractivity contribution in [3.8, 4) is 0 Å². The van der Waals surface area contributed by atoms with Crippen LogP contribution in [-0.4, -0.2) is 54.9 Å². The molecule has 1 heterocycles. The fraction of sp³-hybridized carbons (Fsp3) is 0.500. The van der Waals surface area contributed by atoms with E-state index in [1.54, 1.807) is 12.3 Å². The predicted octanol–water partition coefficient (Wildman–Crippen LogP) is 2.98. The lowest BCUT2D eigenvalue weighted by molar-refractivity contribution is 0.00578. The smallest absolute Gasteiger partial charge is 0.399 e. The van der Waals surface area contributed by atoms with E-state index in [1.165, 1.54) is 0 Å². The summed E-state index contributed by atoms with van der Waals surface area (Å²) >= 11 is 0. The first kappa shape index (κ1) is 24.0. The molecule has 0 saturated carbocycles. The van der Waals surface area contributed by atoms with Crippen LogP contribution in [-0.2, 0) is 9.31 Å². The van der Waals surface area contributed by atoms with Gasteiger partial charge in [-0.1, -0.05) is 13.0 Å². The topological polar surface area (TPSA) is 92.5 Å². The van der Waals surface area contributed by atoms with E-state index < -0.39 is 18.3 Å². The summed E-state index contributed by atoms with van der Waals surface area (Å²) in [5.74, 6) is 0.559. The van der Waals surface area contributed by atoms with Crippen LogP contribution in [0.2, 0.25) is 0 Å². The van der Waals surface area contributed by atoms with Crippen molar-refractivity contribution in [2.75, 3.05) is 11.9 Å². The minimum absolute atomic E-state index is 0.0586. The third kappa shape index (κ3) is 5.25. The van der Waals surface area contributed by atoms with Crippen LogP contribution in [0.1, 0.15) is 58.3 Å². The third-order valence-electron chi connectivity index (χ3n) is 5.64. The first-order valence-corrected chi connectivity index (χ1v) is 10.1. The van der Waals surface area contributed by atoms with Crippen molar-refractivity contribution in [2.24, 2.45) is 9.98 Å². The second kappa shape index (κ2) is 9.68. The highest BCUT2D eigenvalue weighted by Gasteiger charge is 2.52. The number of carbonyl (C=O) groups is 1. The Morgan fingerprint density at radius 3 is 2.43 bits per heavy atom. The van der Waals surface area contributed by atoms with Gasteiger partial charge in [0.1, 0.15) is 12.1 Å². The van der Waals surface area contributed by atoms with Crippen LogP contribution in [0.15, 0.2) is 40.0 Å². The number of hydrogen-bond donors (Lipinski definition) is 2. The molecule has 1 aliphatic rings. The Kier molecular flexibility index (Phi) is 7.74. The molecule has 1 unspecified atom stereocenters. The maximum absolute atomic E-state index is 11.8. The molecule has 0 bridgehead atoms. The molecule has 2 N–H and O–H groups in total. The molecular weight excluding hydrogens is 381 g/mol. The van der Waals surface area contributed by atoms with Crippen LogP contribution in [0.5, 0.6) is 0 Å². The van der Waals surface area contributed by atoms with Crippen LogP contribution < -0.4 is 10.8 Å². The molecule has 1 atom stereocenters. The van der Waals surface area contributed by atoms with Crippen molar-refractivity contribution in [1.29, 1.82) is 0 Å². The molecular formula is C22H32BN3O4. The monoisotopic (exact) mass is 413 g/mol. The number of aliphatic hydroxyl groups is 1. The molecule has 0 spiro atoms. The Morgan fingerprint density at radius 2 is 1.93 bits per heavy atom. The van der Waals surface area contributed by atoms with E-state index in [1.807, 2.05) is 53.7 Å². The second-order valence-corrected chi connectivity index (χ2v) is 8.39. The number of rotatable bonds is 8. The van der Waals surface area contributed by atoms with E-state index in [0.717, 1.165) is 11.9 Å². The molecule has 0 amide bonds. The Labute approximate surface area is 179 Å². The highest BCUT2D eigenvalue weighted by Crippen LogP contribution is 2.36. The summed E-state index contributed by atoms with van der Waals surface area (Å²) in [6, 6.07) is 5.16. The van der Waals surface area contributed by atoms with Crippen molar-refractivity contribution < 1.29 is 19.2 Å². The van der Waals surface area contributed by atoms with Gasteiger partial charge in [0.2, 0.25) is 0 Å². The van der Waals surface area contributed by atoms with Gasteiger partial charge >= 0.3 is 7.12 Å². The Hall–Kier alpha value is -2.29. The van der Waals surface area contributed by atoms with Crippen molar-refractivity contribution >= 4 is 37.1 Å². The maximum Gasteiger partial charge on any atom is 0.495 e. The van der Waals surface area contributed by atoms with Crippen molar-refractivity contribution in [1.82, 2.24) is 0 Å². The minimum Gasteiger partial charge on any atom is -0.399 e. The van der Waals surface area contributed by atoms with Gasteiger partial charge in [0, 0.05) is 23.0 Å². The van der Waals surface area contributed by atoms with E-state index >= 15 is 0 Å². The number of anilines is 1. The number of carbonyl (C=O) groups excluding carboxylic acids is 1. The highest BCUT2D eigenvalue weighted by atomic mass is 16.7. The first-order valence-electron chi connectivity index (χ1n) is 10.1. The number of benzene rings is 1. The SMILES string of the molecule is C=N/C=C(/C)C(=NC(CC)CO)Nc1ccc(B2OC(C)(C)C(C)(C)O2)c(C=O)c1. The lowest BCUT2D eigenvalue weighted by atomic mass is 9.76. The number of aliphatic imine (C=N–C) groups is 2. The van der Waals surface area contributed by atoms with Gasteiger partial charge in [-0.25, -0.2) is 0 Å². The van der Waals surface area contributed by atoms with Crippen molar-refractivity contribution in [3.63, 3.8) is 0 Å². The number of amidine groups is 1. The zero-order chi connectivity index (χ0) is 22.5. The quantitative estimate of drug-likeness (QED) is 0.296. The molecule has 1 aromatic rings. The number of aliphatic hydroxyl groups excluding tert-OH is 1. The third-order valence-corrected chi connectivity index (χ3v) is 5.64. The summed E-state index contributed by atoms with van der Waals surface area (Å²) < 4.78 is 12.2. The molecule has 8 heteroatoms. The van der Waals surface area contributed by atoms with Gasteiger partial charge < -0.3 is 19.7 Å². The van der Waals surface area contributed by atoms with Gasteiger partial charge in [0.15, 0.2) is 0 Å². The zero-order valence-corrected chi connectivity index (χ0v) is 18.7. The standard InChI is InChI=1S/C22H32BN3O4/c1-8-17(14-28)25-20(15(2)12-24-7)26-18-9-10-19(16(11-18)13-27)23-29-21(3,4)22(5,6)30-23/h9-13,17,28H,7-8,14H2,1-6H3,(H,25,26)/b15-12-. The van der Waals surface area contributed by atoms with E-state index in [-0.39, 0.29) is 12.6 Å². The van der Waals surface area contributed by atoms with E-state index in [4.69, 9.17) is 9.31 Å². The predicted molar refractivity (Wildman–Crippen MR) is 123 cm³/mol. The fourth-order valence-corrected chi connectivity index (χ4v) is 2.95. The van der Waals surface area contributed by atoms with Gasteiger partial charge in [-0.15, -0.1) is 0 Å². The molecule has 1 fully saturated rings. The largest absolute Gasteiger partial charge is 0.495 e. The number of nitrogens with one attached hydrogen (secondary N) is 1. The summed E-state index contributed by atoms with van der Waals surface area (Å²) in [7, 11) is -0.622. The lowest BCUT2D eigenvalue weighted by Gasteiger charge is -2.32. The molecule has 30 heavy (non-hydrogen) atoms. The summed E-state index contributed by atoms with van der Waals surface area (Å²) in [5.41, 5.74) is 1.60. The molecule has 0 aromatic heterocycles. The molecule has 1 aliphatic heterocycles. The van der Waals surface area contributed by atoms with E-state index in [0.29, 0.717) is 29.0 Å². The molecule has 2 rings (SSSR count). The molecule has 0 aliphatic carbocycles.